The average Bonchev–Trinajstić information content (AvgIpc) is 3.56. The number of H-pyrrole nitrogens is 1. The number of nitrogens with one attached hydrogen (secondary N) is 4. The van der Waals surface area contributed by atoms with E-state index in [0.29, 0.717) is 34.8 Å². The molecule has 0 radical (unpaired) electrons. The molecule has 0 bridgehead atoms. The molecule has 0 aliphatic heterocycles. The van der Waals surface area contributed by atoms with Crippen LogP contribution in [0.2, 0.25) is 0 Å². The zero-order valence-corrected chi connectivity index (χ0v) is 18.7. The van der Waals surface area contributed by atoms with Gasteiger partial charge in [-0.05, 0) is 37.3 Å². The molecule has 1 aliphatic rings. The van der Waals surface area contributed by atoms with E-state index in [-0.39, 0.29) is 18.4 Å². The van der Waals surface area contributed by atoms with Crippen LogP contribution >= 0.6 is 0 Å². The van der Waals surface area contributed by atoms with E-state index in [1.54, 1.807) is 24.5 Å². The van der Waals surface area contributed by atoms with Crippen molar-refractivity contribution in [1.29, 1.82) is 0 Å². The summed E-state index contributed by atoms with van der Waals surface area (Å²) >= 11 is 0. The van der Waals surface area contributed by atoms with Gasteiger partial charge in [0.2, 0.25) is 11.8 Å². The highest BCUT2D eigenvalue weighted by Gasteiger charge is 2.28. The van der Waals surface area contributed by atoms with E-state index in [1.165, 1.54) is 0 Å². The zero-order valence-electron chi connectivity index (χ0n) is 18.7. The highest BCUT2D eigenvalue weighted by molar-refractivity contribution is 6.06. The first-order chi connectivity index (χ1) is 15.9. The van der Waals surface area contributed by atoms with Gasteiger partial charge in [-0.3, -0.25) is 14.4 Å². The Morgan fingerprint density at radius 1 is 1.15 bits per heavy atom. The van der Waals surface area contributed by atoms with Crippen molar-refractivity contribution in [3.8, 4) is 0 Å². The van der Waals surface area contributed by atoms with Crippen LogP contribution in [0.5, 0.6) is 0 Å². The fourth-order valence-corrected chi connectivity index (χ4v) is 3.61. The minimum Gasteiger partial charge on any atom is -0.345 e. The number of aromatic amines is 1. The Hall–Kier alpha value is -3.75. The van der Waals surface area contributed by atoms with Gasteiger partial charge in [0, 0.05) is 17.8 Å². The first kappa shape index (κ1) is 22.4. The molecule has 1 aromatic carbocycles. The molecule has 1 atom stereocenters. The summed E-state index contributed by atoms with van der Waals surface area (Å²) in [6.07, 6.45) is 5.91. The quantitative estimate of drug-likeness (QED) is 0.400. The van der Waals surface area contributed by atoms with Gasteiger partial charge in [0.25, 0.3) is 5.91 Å². The average molecular weight is 449 g/mol. The first-order valence-corrected chi connectivity index (χ1v) is 11.2. The van der Waals surface area contributed by atoms with E-state index in [9.17, 15) is 14.4 Å². The summed E-state index contributed by atoms with van der Waals surface area (Å²) in [6, 6.07) is 8.21. The smallest absolute Gasteiger partial charge is 0.255 e. The molecular weight excluding hydrogens is 420 g/mol. The van der Waals surface area contributed by atoms with E-state index < -0.39 is 17.9 Å². The van der Waals surface area contributed by atoms with E-state index in [4.69, 9.17) is 0 Å². The topological polar surface area (TPSA) is 129 Å². The molecule has 33 heavy (non-hydrogen) atoms. The molecule has 1 saturated carbocycles. The molecular formula is C24H28N6O3. The summed E-state index contributed by atoms with van der Waals surface area (Å²) < 4.78 is 0. The number of rotatable bonds is 9. The van der Waals surface area contributed by atoms with Gasteiger partial charge in [0.15, 0.2) is 5.65 Å². The largest absolute Gasteiger partial charge is 0.345 e. The molecule has 2 heterocycles. The number of para-hydroxylation sites is 1. The van der Waals surface area contributed by atoms with Crippen molar-refractivity contribution in [2.75, 3.05) is 11.9 Å². The van der Waals surface area contributed by atoms with Crippen molar-refractivity contribution in [3.05, 3.63) is 54.0 Å². The lowest BCUT2D eigenvalue weighted by Crippen LogP contribution is -2.49. The Morgan fingerprint density at radius 3 is 2.61 bits per heavy atom. The first-order valence-electron chi connectivity index (χ1n) is 11.2. The predicted molar refractivity (Wildman–Crippen MR) is 125 cm³/mol. The second-order valence-electron chi connectivity index (χ2n) is 8.76. The third kappa shape index (κ3) is 5.74. The third-order valence-electron chi connectivity index (χ3n) is 5.45. The lowest BCUT2D eigenvalue weighted by molar-refractivity contribution is -0.125. The Balaban J connectivity index is 1.41. The van der Waals surface area contributed by atoms with Crippen molar-refractivity contribution in [2.45, 2.75) is 45.1 Å². The summed E-state index contributed by atoms with van der Waals surface area (Å²) in [5.74, 6) is -0.593. The number of anilines is 1. The normalized spacial score (nSPS) is 14.2. The van der Waals surface area contributed by atoms with Crippen molar-refractivity contribution in [3.63, 3.8) is 0 Å². The third-order valence-corrected chi connectivity index (χ3v) is 5.45. The molecule has 9 heteroatoms. The van der Waals surface area contributed by atoms with Gasteiger partial charge in [-0.15, -0.1) is 0 Å². The van der Waals surface area contributed by atoms with Crippen molar-refractivity contribution >= 4 is 34.6 Å². The Morgan fingerprint density at radius 2 is 1.91 bits per heavy atom. The maximum Gasteiger partial charge on any atom is 0.255 e. The van der Waals surface area contributed by atoms with E-state index in [0.717, 1.165) is 18.5 Å². The molecule has 0 saturated heterocycles. The molecule has 2 aromatic heterocycles. The Kier molecular flexibility index (Phi) is 6.67. The number of hydrogen-bond acceptors (Lipinski definition) is 5. The van der Waals surface area contributed by atoms with Crippen LogP contribution in [0.3, 0.4) is 0 Å². The molecule has 4 N–H and O–H groups in total. The van der Waals surface area contributed by atoms with Crippen molar-refractivity contribution in [2.24, 2.45) is 5.92 Å². The van der Waals surface area contributed by atoms with Gasteiger partial charge in [-0.25, -0.2) is 9.97 Å². The summed E-state index contributed by atoms with van der Waals surface area (Å²) in [7, 11) is 0. The molecule has 172 valence electrons. The van der Waals surface area contributed by atoms with Crippen LogP contribution in [0.15, 0.2) is 42.7 Å². The standard InChI is InChI=1S/C24H28N6O3/c1-14(2)10-18(24(33)27-13-20(31)28-16-6-4-3-5-7-16)30-23(32)17-11-25-22-21(17)29-19(12-26-22)15-8-9-15/h3-7,11-12,14-15,18H,8-10,13H2,1-2H3,(H,25,26)(H,27,33)(H,28,31)(H,30,32)/t18-/m1/s1. The van der Waals surface area contributed by atoms with Gasteiger partial charge < -0.3 is 20.9 Å². The van der Waals surface area contributed by atoms with Crippen LogP contribution in [0, 0.1) is 5.92 Å². The van der Waals surface area contributed by atoms with Crippen molar-refractivity contribution < 1.29 is 14.4 Å². The second-order valence-corrected chi connectivity index (χ2v) is 8.76. The number of carbonyl (C=O) groups excluding carboxylic acids is 3. The summed E-state index contributed by atoms with van der Waals surface area (Å²) in [5, 5.41) is 8.16. The van der Waals surface area contributed by atoms with E-state index in [1.807, 2.05) is 32.0 Å². The molecule has 1 fully saturated rings. The van der Waals surface area contributed by atoms with Crippen LogP contribution in [-0.4, -0.2) is 45.3 Å². The van der Waals surface area contributed by atoms with Gasteiger partial charge in [0.05, 0.1) is 24.0 Å². The van der Waals surface area contributed by atoms with Crippen LogP contribution in [0.4, 0.5) is 5.69 Å². The molecule has 0 unspecified atom stereocenters. The van der Waals surface area contributed by atoms with E-state index in [2.05, 4.69) is 30.9 Å². The van der Waals surface area contributed by atoms with Crippen LogP contribution < -0.4 is 16.0 Å². The van der Waals surface area contributed by atoms with Crippen LogP contribution in [0.25, 0.3) is 11.2 Å². The van der Waals surface area contributed by atoms with Crippen molar-refractivity contribution in [1.82, 2.24) is 25.6 Å². The Bertz CT molecular complexity index is 1150. The number of hydrogen-bond donors (Lipinski definition) is 4. The van der Waals surface area contributed by atoms with Crippen LogP contribution in [-0.2, 0) is 9.59 Å². The summed E-state index contributed by atoms with van der Waals surface area (Å²) in [5.41, 5.74) is 2.92. The lowest BCUT2D eigenvalue weighted by Gasteiger charge is -2.20. The monoisotopic (exact) mass is 448 g/mol. The van der Waals surface area contributed by atoms with Gasteiger partial charge in [-0.1, -0.05) is 32.0 Å². The molecule has 3 amide bonds. The van der Waals surface area contributed by atoms with Gasteiger partial charge in [-0.2, -0.15) is 0 Å². The summed E-state index contributed by atoms with van der Waals surface area (Å²) in [6.45, 7) is 3.74. The maximum atomic E-state index is 13.0. The molecule has 4 rings (SSSR count). The number of nitrogens with zero attached hydrogens (tertiary/aromatic N) is 2. The number of fused-ring (bicyclic) bond motifs is 1. The zero-order chi connectivity index (χ0) is 23.4. The predicted octanol–water partition coefficient (Wildman–Crippen LogP) is 2.73. The van der Waals surface area contributed by atoms with E-state index >= 15 is 0 Å². The molecule has 1 aliphatic carbocycles. The lowest BCUT2D eigenvalue weighted by atomic mass is 10.0. The molecule has 9 nitrogen and oxygen atoms in total. The number of benzene rings is 1. The highest BCUT2D eigenvalue weighted by atomic mass is 16.2. The Labute approximate surface area is 191 Å². The summed E-state index contributed by atoms with van der Waals surface area (Å²) in [4.78, 5) is 50.0. The van der Waals surface area contributed by atoms with Crippen LogP contribution in [0.1, 0.15) is 55.1 Å². The van der Waals surface area contributed by atoms with Gasteiger partial charge >= 0.3 is 0 Å². The molecule has 0 spiro atoms. The SMILES string of the molecule is CC(C)C[C@@H](NC(=O)c1c[nH]c2ncc(C3CC3)nc12)C(=O)NCC(=O)Nc1ccccc1. The second kappa shape index (κ2) is 9.81. The fourth-order valence-electron chi connectivity index (χ4n) is 3.61. The maximum absolute atomic E-state index is 13.0. The highest BCUT2D eigenvalue weighted by Crippen LogP contribution is 2.39. The number of carbonyl (C=O) groups is 3. The number of amides is 3. The van der Waals surface area contributed by atoms with Gasteiger partial charge in [0.1, 0.15) is 11.6 Å². The minimum absolute atomic E-state index is 0.156. The number of aromatic nitrogens is 3. The minimum atomic E-state index is -0.786. The fraction of sp³-hybridized carbons (Fsp3) is 0.375. The molecule has 3 aromatic rings.